The summed E-state index contributed by atoms with van der Waals surface area (Å²) in [5, 5.41) is 45.3. The predicted molar refractivity (Wildman–Crippen MR) is 193 cm³/mol. The molecular formula is C29H42N7O20P3S-4. The van der Waals surface area contributed by atoms with E-state index in [4.69, 9.17) is 15.6 Å². The van der Waals surface area contributed by atoms with Gasteiger partial charge in [-0.3, -0.25) is 32.9 Å². The van der Waals surface area contributed by atoms with E-state index in [-0.39, 0.29) is 61.5 Å². The Kier molecular flexibility index (Phi) is 15.9. The summed E-state index contributed by atoms with van der Waals surface area (Å²) in [6, 6.07) is 0. The highest BCUT2D eigenvalue weighted by Crippen LogP contribution is 2.57. The van der Waals surface area contributed by atoms with Gasteiger partial charge in [0.15, 0.2) is 22.3 Å². The zero-order valence-corrected chi connectivity index (χ0v) is 35.3. The van der Waals surface area contributed by atoms with Gasteiger partial charge in [-0.05, 0) is 19.8 Å². The minimum atomic E-state index is -5.97. The molecule has 9 atom stereocenters. The van der Waals surface area contributed by atoms with Gasteiger partial charge in [0, 0.05) is 37.1 Å². The number of phosphoric acid groups is 3. The van der Waals surface area contributed by atoms with E-state index in [9.17, 15) is 67.8 Å². The molecule has 0 radical (unpaired) electrons. The van der Waals surface area contributed by atoms with Crippen molar-refractivity contribution < 1.29 is 95.5 Å². The summed E-state index contributed by atoms with van der Waals surface area (Å²) in [5.41, 5.74) is 0.320. The first-order valence-electron chi connectivity index (χ1n) is 17.6. The van der Waals surface area contributed by atoms with Gasteiger partial charge in [0.05, 0.1) is 38.9 Å². The minimum absolute atomic E-state index is 0.0177. The Labute approximate surface area is 344 Å². The third-order valence-electron chi connectivity index (χ3n) is 9.49. The molecule has 2 amide bonds. The van der Waals surface area contributed by atoms with Gasteiger partial charge in [-0.25, -0.2) is 19.3 Å². The van der Waals surface area contributed by atoms with Crippen molar-refractivity contribution in [2.45, 2.75) is 82.2 Å². The Morgan fingerprint density at radius 1 is 1.10 bits per heavy atom. The maximum Gasteiger partial charge on any atom is 0.309 e. The van der Waals surface area contributed by atoms with E-state index in [1.165, 1.54) is 0 Å². The number of amides is 2. The number of aromatic nitrogens is 4. The van der Waals surface area contributed by atoms with Crippen molar-refractivity contribution in [3.05, 3.63) is 12.7 Å². The lowest BCUT2D eigenvalue weighted by molar-refractivity contribution is -0.347. The van der Waals surface area contributed by atoms with Crippen LogP contribution in [0.3, 0.4) is 0 Å². The molecule has 2 aromatic rings. The van der Waals surface area contributed by atoms with Crippen LogP contribution in [0.15, 0.2) is 12.7 Å². The van der Waals surface area contributed by atoms with E-state index < -0.39 is 107 Å². The molecule has 2 aromatic heterocycles. The van der Waals surface area contributed by atoms with Gasteiger partial charge in [0.2, 0.25) is 11.8 Å². The largest absolute Gasteiger partial charge is 0.790 e. The van der Waals surface area contributed by atoms with Gasteiger partial charge >= 0.3 is 5.97 Å². The fourth-order valence-electron chi connectivity index (χ4n) is 6.07. The number of hydrogen-bond donors (Lipinski definition) is 7. The maximum atomic E-state index is 12.6. The van der Waals surface area contributed by atoms with E-state index in [2.05, 4.69) is 43.5 Å². The average Bonchev–Trinajstić information content (AvgIpc) is 3.66. The van der Waals surface area contributed by atoms with Crippen molar-refractivity contribution in [2.75, 3.05) is 37.8 Å². The monoisotopic (exact) mass is 933 g/mol. The Morgan fingerprint density at radius 3 is 2.38 bits per heavy atom. The SMILES string of the molecule is CC(C)(COP(=O)([O-])OP(=O)([O-])OCC1OC(C)(n2cnc3c(N)ncnc32)C(O)C1OP(=O)([O-])[O-])C(O)C(=O)NCCC(=O)NCCSC(=O)CC1(O)CCC1C(=O)O. The smallest absolute Gasteiger partial charge is 0.309 e. The second-order valence-corrected chi connectivity index (χ2v) is 19.7. The summed E-state index contributed by atoms with van der Waals surface area (Å²) in [7, 11) is -17.7. The number of imidazole rings is 1. The second kappa shape index (κ2) is 19.2. The summed E-state index contributed by atoms with van der Waals surface area (Å²) in [6.45, 7) is 0.856. The Hall–Kier alpha value is -3.01. The zero-order chi connectivity index (χ0) is 45.1. The number of rotatable bonds is 22. The number of phosphoric ester groups is 3. The topological polar surface area (TPSA) is 432 Å². The minimum Gasteiger partial charge on any atom is -0.790 e. The number of nitrogens with one attached hydrogen (secondary N) is 2. The van der Waals surface area contributed by atoms with Crippen molar-refractivity contribution in [1.29, 1.82) is 0 Å². The number of carbonyl (C=O) groups is 4. The lowest BCUT2D eigenvalue weighted by Gasteiger charge is -2.42. The van der Waals surface area contributed by atoms with Crippen molar-refractivity contribution in [3.63, 3.8) is 0 Å². The van der Waals surface area contributed by atoms with Crippen LogP contribution in [0, 0.1) is 11.3 Å². The number of ether oxygens (including phenoxy) is 1. The highest BCUT2D eigenvalue weighted by molar-refractivity contribution is 8.13. The molecule has 1 saturated carbocycles. The quantitative estimate of drug-likeness (QED) is 0.0436. The van der Waals surface area contributed by atoms with Crippen LogP contribution in [0.5, 0.6) is 0 Å². The number of fused-ring (bicyclic) bond motifs is 1. The molecule has 31 heteroatoms. The van der Waals surface area contributed by atoms with Crippen LogP contribution in [0.1, 0.15) is 46.5 Å². The summed E-state index contributed by atoms with van der Waals surface area (Å²) in [4.78, 5) is 108. The maximum absolute atomic E-state index is 12.6. The lowest BCUT2D eigenvalue weighted by Crippen LogP contribution is -2.52. The van der Waals surface area contributed by atoms with Crippen molar-refractivity contribution in [1.82, 2.24) is 30.2 Å². The van der Waals surface area contributed by atoms with Crippen LogP contribution in [0.4, 0.5) is 5.82 Å². The molecule has 60 heavy (non-hydrogen) atoms. The van der Waals surface area contributed by atoms with Gasteiger partial charge < -0.3 is 79.2 Å². The van der Waals surface area contributed by atoms with Crippen molar-refractivity contribution in [2.24, 2.45) is 11.3 Å². The first-order valence-corrected chi connectivity index (χ1v) is 22.9. The van der Waals surface area contributed by atoms with Gasteiger partial charge in [0.1, 0.15) is 36.3 Å². The number of thioether (sulfide) groups is 1. The molecule has 0 aromatic carbocycles. The summed E-state index contributed by atoms with van der Waals surface area (Å²) in [6.07, 6.45) is -6.22. The van der Waals surface area contributed by atoms with E-state index in [0.717, 1.165) is 49.8 Å². The van der Waals surface area contributed by atoms with Crippen LogP contribution in [0.25, 0.3) is 11.2 Å². The molecular weight excluding hydrogens is 891 g/mol. The molecule has 0 spiro atoms. The number of hydrogen-bond acceptors (Lipinski definition) is 24. The lowest BCUT2D eigenvalue weighted by atomic mass is 9.68. The van der Waals surface area contributed by atoms with Crippen LogP contribution in [-0.2, 0) is 61.2 Å². The molecule has 1 aliphatic carbocycles. The first-order chi connectivity index (χ1) is 27.6. The predicted octanol–water partition coefficient (Wildman–Crippen LogP) is -4.07. The Bertz CT molecular complexity index is 2070. The Balaban J connectivity index is 1.22. The molecule has 1 saturated heterocycles. The number of nitrogens with zero attached hydrogens (tertiary/aromatic N) is 4. The van der Waals surface area contributed by atoms with Crippen LogP contribution in [0.2, 0.25) is 0 Å². The zero-order valence-electron chi connectivity index (χ0n) is 31.8. The molecule has 2 aliphatic rings. The molecule has 2 fully saturated rings. The van der Waals surface area contributed by atoms with Gasteiger partial charge in [-0.1, -0.05) is 25.6 Å². The molecule has 0 bridgehead atoms. The van der Waals surface area contributed by atoms with Gasteiger partial charge in [-0.15, -0.1) is 0 Å². The standard InChI is InChI=1S/C29H46N7O20P3S/c1-27(2,22(40)25(41)32-7-5-17(37)31-8-9-60-18(38)10-29(44)6-4-15(29)26(42)43)12-53-59(50,51)56-58(48,49)52-11-16-20(55-57(45,46)47)21(39)28(3,54-16)36-14-35-19-23(30)33-13-34-24(19)36/h13-16,20-22,39-40,44H,4-12H2,1-3H3,(H,31,37)(H,32,41)(H,42,43)(H,48,49)(H,50,51)(H2,30,33,34)(H2,45,46,47)/p-4. The number of nitrogens with two attached hydrogens (primary N) is 1. The van der Waals surface area contributed by atoms with Crippen molar-refractivity contribution >= 4 is 75.1 Å². The van der Waals surface area contributed by atoms with Crippen molar-refractivity contribution in [3.8, 4) is 0 Å². The number of aliphatic carboxylic acids is 1. The molecule has 3 heterocycles. The van der Waals surface area contributed by atoms with Crippen LogP contribution < -0.4 is 35.9 Å². The summed E-state index contributed by atoms with van der Waals surface area (Å²) < 4.78 is 61.0. The highest BCUT2D eigenvalue weighted by Gasteiger charge is 2.55. The third kappa shape index (κ3) is 12.6. The van der Waals surface area contributed by atoms with E-state index in [1.54, 1.807) is 0 Å². The summed E-state index contributed by atoms with van der Waals surface area (Å²) >= 11 is 0.795. The number of carbonyl (C=O) groups excluding carboxylic acids is 3. The van der Waals surface area contributed by atoms with E-state index >= 15 is 0 Å². The second-order valence-electron chi connectivity index (χ2n) is 14.5. The normalized spacial score (nSPS) is 27.0. The fourth-order valence-corrected chi connectivity index (χ4v) is 9.58. The molecule has 27 nitrogen and oxygen atoms in total. The Morgan fingerprint density at radius 2 is 1.77 bits per heavy atom. The van der Waals surface area contributed by atoms with E-state index in [1.807, 2.05) is 0 Å². The van der Waals surface area contributed by atoms with E-state index in [0.29, 0.717) is 0 Å². The molecule has 1 aliphatic heterocycles. The number of carboxylic acids is 1. The fraction of sp³-hybridized carbons (Fsp3) is 0.690. The molecule has 338 valence electrons. The molecule has 8 N–H and O–H groups in total. The first kappa shape index (κ1) is 49.6. The molecule has 9 unspecified atom stereocenters. The summed E-state index contributed by atoms with van der Waals surface area (Å²) in [5.74, 6) is -3.83. The number of carboxylic acid groups (broad SMARTS) is 1. The van der Waals surface area contributed by atoms with Crippen LogP contribution >= 0.6 is 35.2 Å². The molecule has 4 rings (SSSR count). The number of aliphatic hydroxyl groups is 3. The highest BCUT2D eigenvalue weighted by atomic mass is 32.2. The van der Waals surface area contributed by atoms with Gasteiger partial charge in [-0.2, -0.15) is 0 Å². The van der Waals surface area contributed by atoms with Gasteiger partial charge in [0.25, 0.3) is 15.6 Å². The third-order valence-corrected chi connectivity index (χ3v) is 13.4. The number of anilines is 1. The average molecular weight is 934 g/mol. The number of nitrogen functional groups attached to an aromatic ring is 1. The number of aliphatic hydroxyl groups excluding tert-OH is 2. The van der Waals surface area contributed by atoms with Crippen LogP contribution in [-0.4, -0.2) is 125 Å².